The third kappa shape index (κ3) is 16.3. The van der Waals surface area contributed by atoms with Crippen LogP contribution in [-0.4, -0.2) is 24.2 Å². The molecule has 9 heteroatoms. The zero-order valence-electron chi connectivity index (χ0n) is 71.4. The first kappa shape index (κ1) is 91.2. The Hall–Kier alpha value is -4.74. The Morgan fingerprint density at radius 2 is 0.670 bits per heavy atom. The zero-order chi connectivity index (χ0) is 77.2. The molecule has 584 valence electrons. The van der Waals surface area contributed by atoms with Crippen LogP contribution in [0.4, 0.5) is 0 Å². The molecule has 112 heavy (non-hydrogen) atoms. The normalized spacial score (nSPS) is 19.0. The predicted molar refractivity (Wildman–Crippen MR) is 502 cm³/mol. The summed E-state index contributed by atoms with van der Waals surface area (Å²) in [6.07, 6.45) is 21.1. The topological polar surface area (TPSA) is 0 Å². The van der Waals surface area contributed by atoms with Crippen LogP contribution in [0.15, 0.2) is 217 Å². The summed E-state index contributed by atoms with van der Waals surface area (Å²) >= 11 is -1.65. The second kappa shape index (κ2) is 36.2. The molecule has 10 aromatic rings. The van der Waals surface area contributed by atoms with Gasteiger partial charge in [-0.05, 0) is 205 Å². The van der Waals surface area contributed by atoms with Crippen LogP contribution in [-0.2, 0) is 63.4 Å². The van der Waals surface area contributed by atoms with Gasteiger partial charge in [0, 0.05) is 22.2 Å². The van der Waals surface area contributed by atoms with Crippen LogP contribution in [0.5, 0.6) is 0 Å². The first-order valence-electron chi connectivity index (χ1n) is 40.0. The zero-order valence-corrected chi connectivity index (χ0v) is 82.3. The molecule has 0 radical (unpaired) electrons. The van der Waals surface area contributed by atoms with Crippen molar-refractivity contribution in [1.29, 1.82) is 0 Å². The van der Waals surface area contributed by atoms with Crippen LogP contribution in [0.1, 0.15) is 251 Å². The summed E-state index contributed by atoms with van der Waals surface area (Å²) in [7, 11) is 14.3. The maximum absolute atomic E-state index is 4.93. The van der Waals surface area contributed by atoms with Crippen molar-refractivity contribution in [3.8, 4) is 22.3 Å². The Morgan fingerprint density at radius 3 is 1.06 bits per heavy atom. The van der Waals surface area contributed by atoms with E-state index in [1.165, 1.54) is 116 Å². The average Bonchev–Trinajstić information content (AvgIpc) is 1.41. The fraction of sp³-hybridized carbons (Fsp3) is 0.340. The molecule has 0 heterocycles. The van der Waals surface area contributed by atoms with Gasteiger partial charge in [-0.15, -0.1) is 0 Å². The standard InChI is InChI=1S/C42H54Si.C29H26Si.C25H24Si.C3H8.4CH3.4ClH.2Zr/c1-11-43(12-2,37-18-17-27-15-13-14-16-28(27)37)38-31-25-35-33(39(3,4)19-21-41(35,7)8)23-29(31)30-24-34-36(26-32(30)38)42(9,10)22-20-40(34,5)6;1-19-18-27-21-11-5-4-10-20(21)16-17-26(27)28(19)30(2,3)29-24-14-8-6-12-22(24)23-13-7-9-15-25(23)29;1-17-16-23-20-10-6-4-8-18(20)12-14-22(23)25(17)26(2,3)24-15-13-19-9-5-7-11-21(19)24;1-3-2;;;;;;;;;;/h13-18,23-26,37-38H,11-12,19-22H2,1-10H3;4-18,28-29H,1-3H3;4-16,24-25H,1-3H3;3H2,1-2H3;4*1H3;4*1H;;/q;;;;4*-1;;;;;2*+4/p-4. The van der Waals surface area contributed by atoms with E-state index in [2.05, 4.69) is 354 Å². The Bertz CT molecular complexity index is 5040. The Kier molecular flexibility index (Phi) is 29.5. The van der Waals surface area contributed by atoms with Gasteiger partial charge in [0.2, 0.25) is 0 Å². The average molecular weight is 1770 g/mol. The van der Waals surface area contributed by atoms with Crippen LogP contribution in [0.2, 0.25) is 38.3 Å². The third-order valence-corrected chi connectivity index (χ3v) is 42.1. The monoisotopic (exact) mass is 1760 g/mol. The van der Waals surface area contributed by atoms with E-state index in [-0.39, 0.29) is 51.4 Å². The van der Waals surface area contributed by atoms with E-state index in [9.17, 15) is 0 Å². The van der Waals surface area contributed by atoms with E-state index in [0.717, 1.165) is 0 Å². The van der Waals surface area contributed by atoms with Crippen LogP contribution in [0.3, 0.4) is 0 Å². The van der Waals surface area contributed by atoms with Gasteiger partial charge in [-0.25, -0.2) is 0 Å². The van der Waals surface area contributed by atoms with E-state index < -0.39 is 65.9 Å². The van der Waals surface area contributed by atoms with Gasteiger partial charge < -0.3 is 29.7 Å². The second-order valence-electron chi connectivity index (χ2n) is 36.1. The summed E-state index contributed by atoms with van der Waals surface area (Å²) in [6.45, 7) is 44.4. The molecule has 4 unspecified atom stereocenters. The van der Waals surface area contributed by atoms with E-state index >= 15 is 0 Å². The van der Waals surface area contributed by atoms with Crippen molar-refractivity contribution < 1.29 is 41.7 Å². The molecule has 0 saturated carbocycles. The molecule has 8 aliphatic rings. The van der Waals surface area contributed by atoms with E-state index in [0.29, 0.717) is 33.2 Å². The molecule has 0 fully saturated rings. The van der Waals surface area contributed by atoms with Gasteiger partial charge >= 0.3 is 75.7 Å². The third-order valence-electron chi connectivity index (χ3n) is 27.2. The predicted octanol–water partition coefficient (Wildman–Crippen LogP) is 32.7. The SMILES string of the molecule is CC1=Cc2c(ccc3ccccc23)C1[Si](C)(C)C1C=Cc2ccccc21.CC1=Cc2c(ccc3ccccc23)C1[Si](C)(C)C1c2ccccc2-c2ccccc21.CCC.CC[Si](CC)(C1C=Cc2ccccc21)C1c2cc3c(cc2-c2cc4c(cc21)C(C)(C)CCC4(C)C)C(C)(C)CCC3(C)C.[CH3-].[CH3-].[CH3-].[CH3-].[Cl][Zr+2][Cl].[Cl][Zr+2][Cl]. The van der Waals surface area contributed by atoms with E-state index in [1.807, 2.05) is 0 Å². The molecule has 0 saturated heterocycles. The second-order valence-corrected chi connectivity index (χ2v) is 58.3. The van der Waals surface area contributed by atoms with E-state index in [4.69, 9.17) is 34.1 Å². The fourth-order valence-corrected chi connectivity index (χ4v) is 36.5. The van der Waals surface area contributed by atoms with Crippen molar-refractivity contribution in [3.05, 3.63) is 336 Å². The summed E-state index contributed by atoms with van der Waals surface area (Å²) in [5.41, 5.74) is 38.2. The quantitative estimate of drug-likeness (QED) is 0.105. The first-order valence-corrected chi connectivity index (χ1v) is 61.5. The fourth-order valence-electron chi connectivity index (χ4n) is 21.8. The number of allylic oxidation sites excluding steroid dienone is 4. The van der Waals surface area contributed by atoms with Crippen LogP contribution in [0.25, 0.3) is 68.1 Å². The molecule has 10 aromatic carbocycles. The number of hydrogen-bond acceptors (Lipinski definition) is 0. The van der Waals surface area contributed by atoms with Crippen LogP contribution < -0.4 is 0 Å². The Morgan fingerprint density at radius 1 is 0.348 bits per heavy atom. The van der Waals surface area contributed by atoms with Crippen molar-refractivity contribution in [2.45, 2.75) is 222 Å². The molecule has 18 rings (SSSR count). The summed E-state index contributed by atoms with van der Waals surface area (Å²) in [5.74, 6) is 0. The van der Waals surface area contributed by atoms with Crippen molar-refractivity contribution in [2.24, 2.45) is 0 Å². The van der Waals surface area contributed by atoms with Gasteiger partial charge in [-0.2, -0.15) is 0 Å². The molecule has 0 aliphatic heterocycles. The molecular formula is C103H124Cl4Si3Zr2. The molecular weight excluding hydrogens is 1650 g/mol. The van der Waals surface area contributed by atoms with Gasteiger partial charge in [-0.1, -0.05) is 370 Å². The summed E-state index contributed by atoms with van der Waals surface area (Å²) < 4.78 is 0. The molecule has 4 atom stereocenters. The Balaban J connectivity index is 0.000000185. The van der Waals surface area contributed by atoms with Crippen LogP contribution in [0, 0.1) is 29.7 Å². The molecule has 0 spiro atoms. The number of fused-ring (bicyclic) bond motifs is 16. The molecule has 0 nitrogen and oxygen atoms in total. The first-order chi connectivity index (χ1) is 51.6. The van der Waals surface area contributed by atoms with Gasteiger partial charge in [-0.3, -0.25) is 0 Å². The molecule has 0 N–H and O–H groups in total. The minimum absolute atomic E-state index is 0. The van der Waals surface area contributed by atoms with Crippen molar-refractivity contribution in [1.82, 2.24) is 0 Å². The van der Waals surface area contributed by atoms with Crippen LogP contribution >= 0.6 is 34.1 Å². The molecule has 0 amide bonds. The maximum atomic E-state index is 4.93. The van der Waals surface area contributed by atoms with Crippen molar-refractivity contribution in [3.63, 3.8) is 0 Å². The Labute approximate surface area is 719 Å². The number of benzene rings is 10. The molecule has 8 aliphatic carbocycles. The number of halogens is 4. The number of rotatable bonds is 8. The van der Waals surface area contributed by atoms with Gasteiger partial charge in [0.25, 0.3) is 0 Å². The number of hydrogen-bond donors (Lipinski definition) is 0. The van der Waals surface area contributed by atoms with E-state index in [1.54, 1.807) is 72.3 Å². The molecule has 0 aromatic heterocycles. The van der Waals surface area contributed by atoms with Gasteiger partial charge in [0.15, 0.2) is 0 Å². The van der Waals surface area contributed by atoms with Gasteiger partial charge in [0.1, 0.15) is 0 Å². The minimum atomic E-state index is -1.97. The van der Waals surface area contributed by atoms with Crippen molar-refractivity contribution >= 4 is 104 Å². The summed E-state index contributed by atoms with van der Waals surface area (Å²) in [5, 5.41) is 5.49. The molecule has 0 bridgehead atoms. The van der Waals surface area contributed by atoms with Crippen molar-refractivity contribution in [2.75, 3.05) is 0 Å². The summed E-state index contributed by atoms with van der Waals surface area (Å²) in [4.78, 5) is 0. The summed E-state index contributed by atoms with van der Waals surface area (Å²) in [6, 6.07) is 77.1. The van der Waals surface area contributed by atoms with Gasteiger partial charge in [0.05, 0.1) is 24.2 Å².